The van der Waals surface area contributed by atoms with Crippen LogP contribution in [0.15, 0.2) is 0 Å². The zero-order valence-electron chi connectivity index (χ0n) is 9.64. The van der Waals surface area contributed by atoms with Crippen LogP contribution in [0.2, 0.25) is 25.7 Å². The van der Waals surface area contributed by atoms with Crippen molar-refractivity contribution >= 4 is 14.2 Å². The predicted octanol–water partition coefficient (Wildman–Crippen LogP) is 1.27. The van der Waals surface area contributed by atoms with Crippen LogP contribution in [0.5, 0.6) is 0 Å². The summed E-state index contributed by atoms with van der Waals surface area (Å²) in [5, 5.41) is 5.60. The number of hydrogen-bond acceptors (Lipinski definition) is 3. The second-order valence-corrected chi connectivity index (χ2v) is 10.1. The normalized spacial score (nSPS) is 11.1. The first-order valence-corrected chi connectivity index (χ1v) is 8.71. The Hall–Kier alpha value is -0.553. The quantitative estimate of drug-likeness (QED) is 0.521. The van der Waals surface area contributed by atoms with E-state index in [1.54, 1.807) is 0 Å². The number of hydrogen-bond donors (Lipinski definition) is 2. The van der Waals surface area contributed by atoms with Gasteiger partial charge in [-0.2, -0.15) is 0 Å². The molecule has 0 saturated heterocycles. The van der Waals surface area contributed by atoms with Crippen LogP contribution in [-0.4, -0.2) is 40.9 Å². The third kappa shape index (κ3) is 9.53. The van der Waals surface area contributed by atoms with Crippen molar-refractivity contribution in [3.8, 4) is 0 Å². The molecule has 4 nitrogen and oxygen atoms in total. The molecule has 0 aliphatic heterocycles. The van der Waals surface area contributed by atoms with Crippen molar-refractivity contribution in [1.82, 2.24) is 10.6 Å². The molecule has 0 aromatic carbocycles. The van der Waals surface area contributed by atoms with Gasteiger partial charge >= 0.3 is 6.09 Å². The number of carbonyl (C=O) groups is 1. The summed E-state index contributed by atoms with van der Waals surface area (Å²) in [6.07, 6.45) is -0.307. The predicted molar refractivity (Wildman–Crippen MR) is 61.4 cm³/mol. The molecule has 2 N–H and O–H groups in total. The maximum atomic E-state index is 11.1. The van der Waals surface area contributed by atoms with Crippen molar-refractivity contribution in [3.63, 3.8) is 0 Å². The van der Waals surface area contributed by atoms with Gasteiger partial charge in [0.05, 0.1) is 6.61 Å². The number of nitrogens with one attached hydrogen (secondary N) is 2. The Balaban J connectivity index is 3.36. The summed E-state index contributed by atoms with van der Waals surface area (Å²) in [6.45, 7) is 8.70. The van der Waals surface area contributed by atoms with Crippen LogP contribution in [0, 0.1) is 0 Å². The zero-order valence-corrected chi connectivity index (χ0v) is 10.6. The lowest BCUT2D eigenvalue weighted by Crippen LogP contribution is -2.32. The molecule has 0 rings (SSSR count). The first-order valence-electron chi connectivity index (χ1n) is 5.01. The van der Waals surface area contributed by atoms with Gasteiger partial charge in [-0.25, -0.2) is 4.79 Å². The van der Waals surface area contributed by atoms with Gasteiger partial charge in [-0.3, -0.25) is 0 Å². The monoisotopic (exact) mass is 218 g/mol. The van der Waals surface area contributed by atoms with Gasteiger partial charge in [0.15, 0.2) is 0 Å². The summed E-state index contributed by atoms with van der Waals surface area (Å²) >= 11 is 0. The van der Waals surface area contributed by atoms with Gasteiger partial charge in [0.2, 0.25) is 0 Å². The zero-order chi connectivity index (χ0) is 11.0. The van der Waals surface area contributed by atoms with E-state index in [9.17, 15) is 4.79 Å². The number of carbonyl (C=O) groups excluding carboxylic acids is 1. The van der Waals surface area contributed by atoms with E-state index in [4.69, 9.17) is 4.74 Å². The molecule has 0 saturated carbocycles. The average molecular weight is 218 g/mol. The SMILES string of the molecule is CNCCNC(=O)OCC[Si](C)(C)C. The lowest BCUT2D eigenvalue weighted by atomic mass is 10.6. The van der Waals surface area contributed by atoms with Crippen LogP contribution in [-0.2, 0) is 4.74 Å². The molecule has 1 amide bonds. The molecular weight excluding hydrogens is 196 g/mol. The highest BCUT2D eigenvalue weighted by Crippen LogP contribution is 2.07. The van der Waals surface area contributed by atoms with Crippen LogP contribution in [0.3, 0.4) is 0 Å². The van der Waals surface area contributed by atoms with Gasteiger partial charge in [0.1, 0.15) is 0 Å². The van der Waals surface area contributed by atoms with Crippen LogP contribution in [0.4, 0.5) is 4.79 Å². The largest absolute Gasteiger partial charge is 0.450 e. The smallest absolute Gasteiger partial charge is 0.407 e. The average Bonchev–Trinajstić information content (AvgIpc) is 2.02. The standard InChI is InChI=1S/C9H22N2O2Si/c1-10-5-6-11-9(12)13-7-8-14(2,3)4/h10H,5-8H2,1-4H3,(H,11,12). The van der Waals surface area contributed by atoms with Gasteiger partial charge in [-0.05, 0) is 13.1 Å². The topological polar surface area (TPSA) is 50.4 Å². The van der Waals surface area contributed by atoms with Gasteiger partial charge in [0, 0.05) is 21.2 Å². The summed E-state index contributed by atoms with van der Waals surface area (Å²) < 4.78 is 5.02. The summed E-state index contributed by atoms with van der Waals surface area (Å²) in [5.74, 6) is 0. The molecule has 0 atom stereocenters. The molecular formula is C9H22N2O2Si. The second kappa shape index (κ2) is 6.84. The molecule has 0 fully saturated rings. The minimum Gasteiger partial charge on any atom is -0.450 e. The Morgan fingerprint density at radius 3 is 2.43 bits per heavy atom. The molecule has 0 bridgehead atoms. The molecule has 0 heterocycles. The first-order chi connectivity index (χ1) is 6.45. The van der Waals surface area contributed by atoms with E-state index < -0.39 is 8.07 Å². The highest BCUT2D eigenvalue weighted by molar-refractivity contribution is 6.76. The van der Waals surface area contributed by atoms with Gasteiger partial charge in [-0.1, -0.05) is 19.6 Å². The third-order valence-corrected chi connectivity index (χ3v) is 3.43. The van der Waals surface area contributed by atoms with Crippen LogP contribution in [0.25, 0.3) is 0 Å². The molecule has 0 unspecified atom stereocenters. The Kier molecular flexibility index (Phi) is 6.57. The Morgan fingerprint density at radius 1 is 1.29 bits per heavy atom. The second-order valence-electron chi connectivity index (χ2n) is 4.48. The van der Waals surface area contributed by atoms with Crippen molar-refractivity contribution in [1.29, 1.82) is 0 Å². The maximum absolute atomic E-state index is 11.1. The summed E-state index contributed by atoms with van der Waals surface area (Å²) in [4.78, 5) is 11.1. The molecule has 0 aliphatic carbocycles. The van der Waals surface area contributed by atoms with Crippen molar-refractivity contribution < 1.29 is 9.53 Å². The number of likely N-dealkylation sites (N-methyl/N-ethyl adjacent to an activating group) is 1. The number of amides is 1. The minimum atomic E-state index is -1.08. The molecule has 5 heteroatoms. The molecule has 0 aliphatic rings. The Bertz CT molecular complexity index is 169. The molecule has 0 radical (unpaired) electrons. The first kappa shape index (κ1) is 13.4. The minimum absolute atomic E-state index is 0.307. The highest BCUT2D eigenvalue weighted by Gasteiger charge is 2.13. The van der Waals surface area contributed by atoms with Crippen molar-refractivity contribution in [3.05, 3.63) is 0 Å². The van der Waals surface area contributed by atoms with Crippen molar-refractivity contribution in [2.45, 2.75) is 25.7 Å². The number of ether oxygens (including phenoxy) is 1. The van der Waals surface area contributed by atoms with Gasteiger partial charge < -0.3 is 15.4 Å². The molecule has 0 aromatic rings. The van der Waals surface area contributed by atoms with E-state index in [2.05, 4.69) is 30.3 Å². The van der Waals surface area contributed by atoms with E-state index >= 15 is 0 Å². The number of alkyl carbamates (subject to hydrolysis) is 1. The summed E-state index contributed by atoms with van der Waals surface area (Å²) in [6, 6.07) is 1.02. The van der Waals surface area contributed by atoms with E-state index in [-0.39, 0.29) is 6.09 Å². The van der Waals surface area contributed by atoms with E-state index in [0.717, 1.165) is 12.6 Å². The van der Waals surface area contributed by atoms with Gasteiger partial charge in [0.25, 0.3) is 0 Å². The van der Waals surface area contributed by atoms with Gasteiger partial charge in [-0.15, -0.1) is 0 Å². The Morgan fingerprint density at radius 2 is 1.93 bits per heavy atom. The van der Waals surface area contributed by atoms with E-state index in [1.165, 1.54) is 0 Å². The fourth-order valence-corrected chi connectivity index (χ4v) is 1.50. The van der Waals surface area contributed by atoms with E-state index in [1.807, 2.05) is 7.05 Å². The molecule has 0 aromatic heterocycles. The van der Waals surface area contributed by atoms with Crippen LogP contribution >= 0.6 is 0 Å². The van der Waals surface area contributed by atoms with Crippen LogP contribution < -0.4 is 10.6 Å². The highest BCUT2D eigenvalue weighted by atomic mass is 28.3. The lowest BCUT2D eigenvalue weighted by Gasteiger charge is -2.15. The Labute approximate surface area is 87.4 Å². The maximum Gasteiger partial charge on any atom is 0.407 e. The fourth-order valence-electron chi connectivity index (χ4n) is 0.791. The number of rotatable bonds is 6. The molecule has 0 spiro atoms. The lowest BCUT2D eigenvalue weighted by molar-refractivity contribution is 0.152. The summed E-state index contributed by atoms with van der Waals surface area (Å²) in [7, 11) is 0.766. The van der Waals surface area contributed by atoms with E-state index in [0.29, 0.717) is 13.2 Å². The van der Waals surface area contributed by atoms with Crippen molar-refractivity contribution in [2.75, 3.05) is 26.7 Å². The van der Waals surface area contributed by atoms with Crippen LogP contribution in [0.1, 0.15) is 0 Å². The fraction of sp³-hybridized carbons (Fsp3) is 0.889. The van der Waals surface area contributed by atoms with Crippen molar-refractivity contribution in [2.24, 2.45) is 0 Å². The summed E-state index contributed by atoms with van der Waals surface area (Å²) in [5.41, 5.74) is 0. The molecule has 14 heavy (non-hydrogen) atoms. The third-order valence-electron chi connectivity index (χ3n) is 1.73. The molecule has 84 valence electrons.